The molecule has 4 rings (SSSR count). The van der Waals surface area contributed by atoms with Crippen LogP contribution in [0.2, 0.25) is 0 Å². The largest absolute Gasteiger partial charge is 0.268 e. The van der Waals surface area contributed by atoms with E-state index in [0.29, 0.717) is 33.5 Å². The van der Waals surface area contributed by atoms with Gasteiger partial charge in [-0.25, -0.2) is 13.8 Å². The first-order chi connectivity index (χ1) is 13.5. The molecule has 0 radical (unpaired) electrons. The molecule has 28 heavy (non-hydrogen) atoms. The summed E-state index contributed by atoms with van der Waals surface area (Å²) in [5, 5.41) is 0.436. The van der Waals surface area contributed by atoms with Gasteiger partial charge < -0.3 is 0 Å². The van der Waals surface area contributed by atoms with Gasteiger partial charge in [-0.1, -0.05) is 36.4 Å². The Hall–Kier alpha value is -3.60. The van der Waals surface area contributed by atoms with E-state index in [2.05, 4.69) is 4.98 Å². The van der Waals surface area contributed by atoms with Crippen LogP contribution in [-0.4, -0.2) is 9.55 Å². The molecular formula is C23H16F2N2O. The van der Waals surface area contributed by atoms with Gasteiger partial charge in [-0.2, -0.15) is 0 Å². The Balaban J connectivity index is 1.95. The highest BCUT2D eigenvalue weighted by Crippen LogP contribution is 2.18. The zero-order chi connectivity index (χ0) is 19.7. The van der Waals surface area contributed by atoms with Gasteiger partial charge in [0.1, 0.15) is 17.5 Å². The van der Waals surface area contributed by atoms with Crippen molar-refractivity contribution in [2.24, 2.45) is 0 Å². The first-order valence-electron chi connectivity index (χ1n) is 8.75. The molecule has 0 N–H and O–H groups in total. The van der Waals surface area contributed by atoms with Gasteiger partial charge in [0.05, 0.1) is 16.6 Å². The lowest BCUT2D eigenvalue weighted by molar-refractivity contribution is 0.617. The van der Waals surface area contributed by atoms with Crippen molar-refractivity contribution in [2.75, 3.05) is 0 Å². The molecule has 0 unspecified atom stereocenters. The van der Waals surface area contributed by atoms with Gasteiger partial charge in [0.25, 0.3) is 5.56 Å². The number of aryl methyl sites for hydroxylation is 1. The lowest BCUT2D eigenvalue weighted by Gasteiger charge is -2.12. The second-order valence-corrected chi connectivity index (χ2v) is 6.45. The third-order valence-corrected chi connectivity index (χ3v) is 4.49. The van der Waals surface area contributed by atoms with E-state index in [-0.39, 0.29) is 11.4 Å². The normalized spacial score (nSPS) is 11.4. The van der Waals surface area contributed by atoms with Crippen molar-refractivity contribution in [1.29, 1.82) is 0 Å². The third kappa shape index (κ3) is 3.34. The van der Waals surface area contributed by atoms with Crippen molar-refractivity contribution in [3.8, 4) is 5.69 Å². The van der Waals surface area contributed by atoms with E-state index in [1.54, 1.807) is 67.6 Å². The van der Waals surface area contributed by atoms with Gasteiger partial charge >= 0.3 is 0 Å². The first-order valence-corrected chi connectivity index (χ1v) is 8.75. The molecule has 3 nitrogen and oxygen atoms in total. The summed E-state index contributed by atoms with van der Waals surface area (Å²) in [6.07, 6.45) is 3.29. The van der Waals surface area contributed by atoms with Crippen LogP contribution in [0.15, 0.2) is 71.5 Å². The number of hydrogen-bond acceptors (Lipinski definition) is 2. The van der Waals surface area contributed by atoms with Crippen LogP contribution in [0, 0.1) is 18.6 Å². The van der Waals surface area contributed by atoms with Crippen LogP contribution < -0.4 is 5.56 Å². The lowest BCUT2D eigenvalue weighted by atomic mass is 10.1. The molecule has 4 aromatic rings. The topological polar surface area (TPSA) is 34.9 Å². The Morgan fingerprint density at radius 3 is 2.54 bits per heavy atom. The minimum atomic E-state index is -0.405. The Kier molecular flexibility index (Phi) is 4.57. The van der Waals surface area contributed by atoms with Crippen molar-refractivity contribution in [3.05, 3.63) is 106 Å². The number of aromatic nitrogens is 2. The molecule has 1 aromatic heterocycles. The van der Waals surface area contributed by atoms with Crippen molar-refractivity contribution in [3.63, 3.8) is 0 Å². The maximum atomic E-state index is 14.1. The monoisotopic (exact) mass is 374 g/mol. The van der Waals surface area contributed by atoms with E-state index in [0.717, 1.165) is 0 Å². The minimum absolute atomic E-state index is 0.298. The average molecular weight is 374 g/mol. The molecule has 3 aromatic carbocycles. The van der Waals surface area contributed by atoms with Crippen molar-refractivity contribution in [1.82, 2.24) is 9.55 Å². The fourth-order valence-corrected chi connectivity index (χ4v) is 3.01. The number of nitrogens with zero attached hydrogens (tertiary/aromatic N) is 2. The number of rotatable bonds is 3. The van der Waals surface area contributed by atoms with Crippen molar-refractivity contribution in [2.45, 2.75) is 6.92 Å². The molecule has 0 bridgehead atoms. The maximum Gasteiger partial charge on any atom is 0.266 e. The zero-order valence-electron chi connectivity index (χ0n) is 15.1. The number of fused-ring (bicyclic) bond motifs is 1. The smallest absolute Gasteiger partial charge is 0.266 e. The number of benzene rings is 3. The van der Waals surface area contributed by atoms with Gasteiger partial charge in [0.2, 0.25) is 0 Å². The number of para-hydroxylation sites is 1. The van der Waals surface area contributed by atoms with Gasteiger partial charge in [0.15, 0.2) is 0 Å². The molecule has 0 saturated heterocycles. The Labute approximate surface area is 160 Å². The molecule has 0 aliphatic rings. The molecule has 0 aliphatic carbocycles. The molecule has 0 atom stereocenters. The lowest BCUT2D eigenvalue weighted by Crippen LogP contribution is -2.22. The van der Waals surface area contributed by atoms with E-state index < -0.39 is 5.82 Å². The zero-order valence-corrected chi connectivity index (χ0v) is 15.1. The van der Waals surface area contributed by atoms with Crippen LogP contribution in [0.3, 0.4) is 0 Å². The van der Waals surface area contributed by atoms with Crippen molar-refractivity contribution >= 4 is 23.1 Å². The van der Waals surface area contributed by atoms with Gasteiger partial charge in [-0.05, 0) is 60.5 Å². The van der Waals surface area contributed by atoms with Crippen LogP contribution in [0.1, 0.15) is 17.0 Å². The molecule has 5 heteroatoms. The number of hydrogen-bond donors (Lipinski definition) is 0. The fourth-order valence-electron chi connectivity index (χ4n) is 3.01. The predicted molar refractivity (Wildman–Crippen MR) is 107 cm³/mol. The summed E-state index contributed by atoms with van der Waals surface area (Å²) in [5.74, 6) is -0.430. The average Bonchev–Trinajstić information content (AvgIpc) is 2.69. The summed E-state index contributed by atoms with van der Waals surface area (Å²) in [4.78, 5) is 17.7. The summed E-state index contributed by atoms with van der Waals surface area (Å²) in [7, 11) is 0. The molecule has 1 heterocycles. The van der Waals surface area contributed by atoms with Gasteiger partial charge in [-0.15, -0.1) is 0 Å². The minimum Gasteiger partial charge on any atom is -0.268 e. The van der Waals surface area contributed by atoms with Crippen molar-refractivity contribution < 1.29 is 8.78 Å². The van der Waals surface area contributed by atoms with Gasteiger partial charge in [-0.3, -0.25) is 9.36 Å². The molecule has 0 aliphatic heterocycles. The van der Waals surface area contributed by atoms with Crippen LogP contribution in [0.25, 0.3) is 28.7 Å². The van der Waals surface area contributed by atoms with E-state index in [1.807, 2.05) is 0 Å². The van der Waals surface area contributed by atoms with E-state index in [9.17, 15) is 13.6 Å². The molecule has 138 valence electrons. The SMILES string of the molecule is Cc1ccc(-n2c(C=Cc3cccc(F)c3)nc3ccccc3c2=O)cc1F. The summed E-state index contributed by atoms with van der Waals surface area (Å²) < 4.78 is 28.9. The third-order valence-electron chi connectivity index (χ3n) is 4.49. The summed E-state index contributed by atoms with van der Waals surface area (Å²) >= 11 is 0. The summed E-state index contributed by atoms with van der Waals surface area (Å²) in [5.41, 5.74) is 1.74. The van der Waals surface area contributed by atoms with E-state index >= 15 is 0 Å². The Bertz CT molecular complexity index is 1280. The Morgan fingerprint density at radius 2 is 1.75 bits per heavy atom. The molecule has 0 amide bonds. The summed E-state index contributed by atoms with van der Waals surface area (Å²) in [6.45, 7) is 1.66. The van der Waals surface area contributed by atoms with Crippen LogP contribution in [0.4, 0.5) is 8.78 Å². The highest BCUT2D eigenvalue weighted by molar-refractivity contribution is 5.80. The predicted octanol–water partition coefficient (Wildman–Crippen LogP) is 5.14. The van der Waals surface area contributed by atoms with Crippen LogP contribution >= 0.6 is 0 Å². The second-order valence-electron chi connectivity index (χ2n) is 6.45. The van der Waals surface area contributed by atoms with Crippen LogP contribution in [0.5, 0.6) is 0 Å². The molecule has 0 saturated carbocycles. The molecular weight excluding hydrogens is 358 g/mol. The summed E-state index contributed by atoms with van der Waals surface area (Å²) in [6, 6.07) is 17.7. The molecule has 0 spiro atoms. The first kappa shape index (κ1) is 17.8. The van der Waals surface area contributed by atoms with E-state index in [1.165, 1.54) is 22.8 Å². The van der Waals surface area contributed by atoms with E-state index in [4.69, 9.17) is 0 Å². The maximum absolute atomic E-state index is 14.1. The van der Waals surface area contributed by atoms with Crippen LogP contribution in [-0.2, 0) is 0 Å². The number of halogens is 2. The fraction of sp³-hybridized carbons (Fsp3) is 0.0435. The quantitative estimate of drug-likeness (QED) is 0.497. The standard InChI is InChI=1S/C23H16F2N2O/c1-15-9-11-18(14-20(15)25)27-22(12-10-16-5-4-6-17(24)13-16)26-21-8-3-2-7-19(21)23(27)28/h2-14H,1H3. The molecule has 0 fully saturated rings. The highest BCUT2D eigenvalue weighted by atomic mass is 19.1. The highest BCUT2D eigenvalue weighted by Gasteiger charge is 2.12. The Morgan fingerprint density at radius 1 is 0.929 bits per heavy atom. The second kappa shape index (κ2) is 7.19. The van der Waals surface area contributed by atoms with Gasteiger partial charge in [0, 0.05) is 0 Å².